The van der Waals surface area contributed by atoms with Crippen molar-refractivity contribution in [3.8, 4) is 0 Å². The van der Waals surface area contributed by atoms with E-state index in [1.165, 1.54) is 7.11 Å². The monoisotopic (exact) mass is 489 g/mol. The van der Waals surface area contributed by atoms with Crippen molar-refractivity contribution in [1.82, 2.24) is 20.0 Å². The summed E-state index contributed by atoms with van der Waals surface area (Å²) in [5.41, 5.74) is 4.95. The van der Waals surface area contributed by atoms with E-state index in [-0.39, 0.29) is 30.4 Å². The third kappa shape index (κ3) is 4.78. The summed E-state index contributed by atoms with van der Waals surface area (Å²) >= 11 is 0. The third-order valence-electron chi connectivity index (χ3n) is 7.36. The minimum Gasteiger partial charge on any atom is -0.469 e. The van der Waals surface area contributed by atoms with Gasteiger partial charge in [-0.3, -0.25) is 14.7 Å². The summed E-state index contributed by atoms with van der Waals surface area (Å²) in [6.45, 7) is 3.69. The van der Waals surface area contributed by atoms with Crippen molar-refractivity contribution in [2.45, 2.75) is 45.2 Å². The van der Waals surface area contributed by atoms with E-state index in [1.54, 1.807) is 6.20 Å². The van der Waals surface area contributed by atoms with Crippen LogP contribution in [-0.2, 0) is 27.3 Å². The van der Waals surface area contributed by atoms with E-state index in [2.05, 4.69) is 15.5 Å². The number of para-hydroxylation sites is 1. The van der Waals surface area contributed by atoms with Gasteiger partial charge in [-0.1, -0.05) is 24.3 Å². The van der Waals surface area contributed by atoms with Crippen molar-refractivity contribution in [3.05, 3.63) is 59.3 Å². The van der Waals surface area contributed by atoms with Gasteiger partial charge in [0.05, 0.1) is 24.7 Å². The molecule has 2 aromatic carbocycles. The summed E-state index contributed by atoms with van der Waals surface area (Å²) in [6.07, 6.45) is 3.69. The molecule has 1 unspecified atom stereocenters. The summed E-state index contributed by atoms with van der Waals surface area (Å²) in [5, 5.41) is 11.0. The number of hydrogen-bond donors (Lipinski definition) is 2. The number of hydrogen-bond acceptors (Lipinski definition) is 5. The second-order valence-corrected chi connectivity index (χ2v) is 9.70. The van der Waals surface area contributed by atoms with E-state index in [0.717, 1.165) is 33.3 Å². The van der Waals surface area contributed by atoms with Gasteiger partial charge in [-0.05, 0) is 55.0 Å². The van der Waals surface area contributed by atoms with Crippen LogP contribution in [-0.4, -0.2) is 64.1 Å². The van der Waals surface area contributed by atoms with Crippen molar-refractivity contribution in [1.29, 1.82) is 0 Å². The Morgan fingerprint density at radius 1 is 1.19 bits per heavy atom. The molecule has 3 amide bonds. The van der Waals surface area contributed by atoms with Gasteiger partial charge in [0, 0.05) is 43.2 Å². The third-order valence-corrected chi connectivity index (χ3v) is 7.36. The molecule has 5 rings (SSSR count). The van der Waals surface area contributed by atoms with E-state index in [1.807, 2.05) is 53.1 Å². The number of likely N-dealkylation sites (tertiary alicyclic amines) is 1. The molecule has 9 heteroatoms. The Balaban J connectivity index is 1.20. The van der Waals surface area contributed by atoms with Crippen molar-refractivity contribution in [2.24, 2.45) is 5.92 Å². The average molecular weight is 490 g/mol. The van der Waals surface area contributed by atoms with Gasteiger partial charge in [0.1, 0.15) is 0 Å². The number of amides is 3. The van der Waals surface area contributed by atoms with Crippen LogP contribution in [0.1, 0.15) is 36.0 Å². The van der Waals surface area contributed by atoms with Crippen LogP contribution >= 0.6 is 0 Å². The maximum atomic E-state index is 13.2. The number of carbonyl (C=O) groups is 3. The van der Waals surface area contributed by atoms with Gasteiger partial charge < -0.3 is 19.9 Å². The molecule has 3 heterocycles. The Hall–Kier alpha value is -3.88. The molecule has 0 radical (unpaired) electrons. The number of ether oxygens (including phenoxy) is 1. The number of nitrogens with zero attached hydrogens (tertiary/aromatic N) is 3. The number of anilines is 1. The number of carbonyl (C=O) groups excluding carboxylic acids is 3. The lowest BCUT2D eigenvalue weighted by Crippen LogP contribution is -2.51. The molecule has 1 atom stereocenters. The van der Waals surface area contributed by atoms with Gasteiger partial charge in [-0.2, -0.15) is 5.10 Å². The zero-order valence-corrected chi connectivity index (χ0v) is 20.6. The molecule has 36 heavy (non-hydrogen) atoms. The number of nitrogens with one attached hydrogen (secondary N) is 2. The first-order valence-corrected chi connectivity index (χ1v) is 12.4. The maximum absolute atomic E-state index is 13.2. The summed E-state index contributed by atoms with van der Waals surface area (Å²) in [5.74, 6) is -1.00. The van der Waals surface area contributed by atoms with Crippen LogP contribution in [0, 0.1) is 12.8 Å². The van der Waals surface area contributed by atoms with Crippen molar-refractivity contribution < 1.29 is 19.1 Å². The lowest BCUT2D eigenvalue weighted by molar-refractivity contribution is -0.149. The average Bonchev–Trinajstić information content (AvgIpc) is 3.37. The minimum absolute atomic E-state index is 0.0570. The summed E-state index contributed by atoms with van der Waals surface area (Å²) < 4.78 is 5.03. The van der Waals surface area contributed by atoms with E-state index < -0.39 is 5.92 Å². The maximum Gasteiger partial charge on any atom is 0.322 e. The number of rotatable bonds is 6. The molecule has 0 saturated carbocycles. The van der Waals surface area contributed by atoms with Crippen LogP contribution in [0.15, 0.2) is 42.6 Å². The number of benzene rings is 2. The lowest BCUT2D eigenvalue weighted by Gasteiger charge is -2.40. The van der Waals surface area contributed by atoms with E-state index in [0.29, 0.717) is 38.9 Å². The number of aryl methyl sites for hydroxylation is 1. The predicted molar refractivity (Wildman–Crippen MR) is 135 cm³/mol. The second-order valence-electron chi connectivity index (χ2n) is 9.70. The first kappa shape index (κ1) is 23.8. The fourth-order valence-electron chi connectivity index (χ4n) is 5.40. The summed E-state index contributed by atoms with van der Waals surface area (Å²) in [7, 11) is 1.36. The van der Waals surface area contributed by atoms with Gasteiger partial charge >= 0.3 is 12.0 Å². The molecule has 0 spiro atoms. The first-order chi connectivity index (χ1) is 17.4. The number of H-pyrrole nitrogens is 1. The van der Waals surface area contributed by atoms with Crippen molar-refractivity contribution in [2.75, 3.05) is 25.5 Å². The second kappa shape index (κ2) is 10.0. The zero-order chi connectivity index (χ0) is 25.2. The SMILES string of the molecule is COC(=O)C(CC(=O)N1CCC(N2Cc3ccccc3NC2=O)CC1)Cc1cc(C)c2[nH]ncc2c1. The van der Waals surface area contributed by atoms with Crippen molar-refractivity contribution in [3.63, 3.8) is 0 Å². The fraction of sp³-hybridized carbons (Fsp3) is 0.407. The molecule has 1 fully saturated rings. The van der Waals surface area contributed by atoms with Crippen LogP contribution in [0.4, 0.5) is 10.5 Å². The molecular formula is C27H31N5O4. The van der Waals surface area contributed by atoms with E-state index >= 15 is 0 Å². The Morgan fingerprint density at radius 2 is 1.97 bits per heavy atom. The number of aromatic amines is 1. The summed E-state index contributed by atoms with van der Waals surface area (Å²) in [4.78, 5) is 42.1. The molecule has 1 saturated heterocycles. The van der Waals surface area contributed by atoms with Crippen LogP contribution in [0.5, 0.6) is 0 Å². The van der Waals surface area contributed by atoms with Crippen LogP contribution in [0.3, 0.4) is 0 Å². The number of urea groups is 1. The van der Waals surface area contributed by atoms with E-state index in [4.69, 9.17) is 4.74 Å². The fourth-order valence-corrected chi connectivity index (χ4v) is 5.40. The Kier molecular flexibility index (Phi) is 6.63. The molecule has 3 aromatic rings. The highest BCUT2D eigenvalue weighted by atomic mass is 16.5. The number of fused-ring (bicyclic) bond motifs is 2. The van der Waals surface area contributed by atoms with Gasteiger partial charge in [-0.25, -0.2) is 4.79 Å². The van der Waals surface area contributed by atoms with Crippen molar-refractivity contribution >= 4 is 34.5 Å². The minimum atomic E-state index is -0.562. The quantitative estimate of drug-likeness (QED) is 0.514. The highest BCUT2D eigenvalue weighted by molar-refractivity contribution is 5.92. The van der Waals surface area contributed by atoms with Gasteiger partial charge in [0.2, 0.25) is 5.91 Å². The molecule has 2 aliphatic rings. The molecule has 0 bridgehead atoms. The highest BCUT2D eigenvalue weighted by Crippen LogP contribution is 2.28. The van der Waals surface area contributed by atoms with Crippen LogP contribution < -0.4 is 5.32 Å². The summed E-state index contributed by atoms with van der Waals surface area (Å²) in [6, 6.07) is 11.8. The number of piperidine rings is 1. The number of esters is 1. The first-order valence-electron chi connectivity index (χ1n) is 12.4. The van der Waals surface area contributed by atoms with E-state index in [9.17, 15) is 14.4 Å². The molecule has 1 aromatic heterocycles. The molecule has 0 aliphatic carbocycles. The molecular weight excluding hydrogens is 458 g/mol. The molecule has 188 valence electrons. The lowest BCUT2D eigenvalue weighted by atomic mass is 9.93. The topological polar surface area (TPSA) is 108 Å². The Morgan fingerprint density at radius 3 is 2.75 bits per heavy atom. The van der Waals surface area contributed by atoms with Gasteiger partial charge in [-0.15, -0.1) is 0 Å². The highest BCUT2D eigenvalue weighted by Gasteiger charge is 2.34. The predicted octanol–water partition coefficient (Wildman–Crippen LogP) is 3.63. The smallest absolute Gasteiger partial charge is 0.322 e. The largest absolute Gasteiger partial charge is 0.469 e. The number of methoxy groups -OCH3 is 1. The number of aromatic nitrogens is 2. The molecule has 2 aliphatic heterocycles. The Bertz CT molecular complexity index is 1290. The molecule has 9 nitrogen and oxygen atoms in total. The van der Waals surface area contributed by atoms with Crippen LogP contribution in [0.25, 0.3) is 10.9 Å². The van der Waals surface area contributed by atoms with Gasteiger partial charge in [0.25, 0.3) is 0 Å². The van der Waals surface area contributed by atoms with Crippen LogP contribution in [0.2, 0.25) is 0 Å². The Labute approximate surface area is 209 Å². The van der Waals surface area contributed by atoms with Gasteiger partial charge in [0.15, 0.2) is 0 Å². The molecule has 2 N–H and O–H groups in total. The normalized spacial score (nSPS) is 17.0. The standard InChI is InChI=1S/C27H31N5O4/c1-17-11-18(13-21-15-28-30-25(17)21)12-20(26(34)36-2)14-24(33)31-9-7-22(8-10-31)32-16-19-5-3-4-6-23(19)29-27(32)35/h3-6,11,13,15,20,22H,7-10,12,14,16H2,1-2H3,(H,28,30)(H,29,35). The zero-order valence-electron chi connectivity index (χ0n) is 20.6.